The molecule has 0 amide bonds. The third kappa shape index (κ3) is 2.73. The highest BCUT2D eigenvalue weighted by Crippen LogP contribution is 2.21. The van der Waals surface area contributed by atoms with Gasteiger partial charge in [-0.05, 0) is 5.92 Å². The van der Waals surface area contributed by atoms with Crippen LogP contribution in [-0.4, -0.2) is 32.6 Å². The predicted molar refractivity (Wildman–Crippen MR) is 54.0 cm³/mol. The van der Waals surface area contributed by atoms with Gasteiger partial charge in [0.05, 0.1) is 11.4 Å². The molecule has 7 heteroatoms. The van der Waals surface area contributed by atoms with Crippen LogP contribution in [0.25, 0.3) is 0 Å². The number of aromatic nitrogens is 3. The van der Waals surface area contributed by atoms with E-state index in [9.17, 15) is 8.78 Å². The minimum Gasteiger partial charge on any atom is -0.390 e. The van der Waals surface area contributed by atoms with Gasteiger partial charge < -0.3 is 10.8 Å². The van der Waals surface area contributed by atoms with Crippen LogP contribution in [0.15, 0.2) is 0 Å². The lowest BCUT2D eigenvalue weighted by Gasteiger charge is -2.16. The number of nitrogens with zero attached hydrogens (tertiary/aromatic N) is 3. The summed E-state index contributed by atoms with van der Waals surface area (Å²) in [5.41, 5.74) is 6.56. The van der Waals surface area contributed by atoms with E-state index in [2.05, 4.69) is 10.3 Å². The van der Waals surface area contributed by atoms with Crippen molar-refractivity contribution in [2.75, 3.05) is 6.61 Å². The van der Waals surface area contributed by atoms with Crippen molar-refractivity contribution in [2.24, 2.45) is 5.73 Å². The van der Waals surface area contributed by atoms with Crippen LogP contribution in [-0.2, 0) is 13.1 Å². The maximum atomic E-state index is 13.0. The number of aliphatic hydroxyl groups excluding tert-OH is 1. The van der Waals surface area contributed by atoms with Crippen molar-refractivity contribution < 1.29 is 13.9 Å². The molecule has 0 spiro atoms. The van der Waals surface area contributed by atoms with Crippen molar-refractivity contribution in [1.82, 2.24) is 15.0 Å². The molecular formula is C9H16F2N4O. The second kappa shape index (κ2) is 4.84. The first-order chi connectivity index (χ1) is 7.41. The van der Waals surface area contributed by atoms with E-state index in [4.69, 9.17) is 10.8 Å². The van der Waals surface area contributed by atoms with E-state index in [1.807, 2.05) is 13.8 Å². The Labute approximate surface area is 92.2 Å². The highest BCUT2D eigenvalue weighted by Gasteiger charge is 2.31. The Morgan fingerprint density at radius 1 is 1.50 bits per heavy atom. The van der Waals surface area contributed by atoms with Gasteiger partial charge in [0.1, 0.15) is 13.2 Å². The van der Waals surface area contributed by atoms with Gasteiger partial charge in [0, 0.05) is 6.54 Å². The molecule has 1 rings (SSSR count). The van der Waals surface area contributed by atoms with Crippen LogP contribution in [0.2, 0.25) is 0 Å². The Morgan fingerprint density at radius 3 is 2.56 bits per heavy atom. The van der Waals surface area contributed by atoms with Gasteiger partial charge >= 0.3 is 0 Å². The second-order valence-corrected chi connectivity index (χ2v) is 3.95. The van der Waals surface area contributed by atoms with Crippen molar-refractivity contribution in [2.45, 2.75) is 38.8 Å². The summed E-state index contributed by atoms with van der Waals surface area (Å²) in [6, 6.07) is 0. The molecule has 0 unspecified atom stereocenters. The largest absolute Gasteiger partial charge is 0.390 e. The number of aliphatic hydroxyl groups is 1. The van der Waals surface area contributed by atoms with Crippen LogP contribution < -0.4 is 5.73 Å². The summed E-state index contributed by atoms with van der Waals surface area (Å²) in [6.07, 6.45) is 0. The molecule has 0 saturated carbocycles. The molecule has 0 saturated heterocycles. The van der Waals surface area contributed by atoms with Crippen LogP contribution in [0, 0.1) is 0 Å². The molecule has 3 N–H and O–H groups in total. The molecular weight excluding hydrogens is 218 g/mol. The lowest BCUT2D eigenvalue weighted by atomic mass is 10.1. The summed E-state index contributed by atoms with van der Waals surface area (Å²) in [5.74, 6) is -3.19. The van der Waals surface area contributed by atoms with Gasteiger partial charge in [-0.25, -0.2) is 13.5 Å². The van der Waals surface area contributed by atoms with Crippen LogP contribution in [0.3, 0.4) is 0 Å². The number of hydrogen-bond donors (Lipinski definition) is 2. The highest BCUT2D eigenvalue weighted by atomic mass is 19.3. The molecule has 0 bridgehead atoms. The Balaban J connectivity index is 3.01. The average Bonchev–Trinajstić information content (AvgIpc) is 2.60. The second-order valence-electron chi connectivity index (χ2n) is 3.95. The summed E-state index contributed by atoms with van der Waals surface area (Å²) < 4.78 is 27.2. The zero-order valence-corrected chi connectivity index (χ0v) is 9.32. The summed E-state index contributed by atoms with van der Waals surface area (Å²) in [5, 5.41) is 15.9. The first-order valence-electron chi connectivity index (χ1n) is 5.02. The number of nitrogens with two attached hydrogens (primary N) is 1. The van der Waals surface area contributed by atoms with E-state index in [-0.39, 0.29) is 12.5 Å². The van der Waals surface area contributed by atoms with E-state index in [1.165, 1.54) is 0 Å². The smallest absolute Gasteiger partial charge is 0.289 e. The Morgan fingerprint density at radius 2 is 2.12 bits per heavy atom. The van der Waals surface area contributed by atoms with Gasteiger partial charge in [0.25, 0.3) is 5.92 Å². The lowest BCUT2D eigenvalue weighted by Crippen LogP contribution is -2.29. The zero-order chi connectivity index (χ0) is 12.3. The van der Waals surface area contributed by atoms with Gasteiger partial charge in [-0.2, -0.15) is 0 Å². The molecule has 0 radical (unpaired) electrons. The van der Waals surface area contributed by atoms with Crippen molar-refractivity contribution in [3.63, 3.8) is 0 Å². The van der Waals surface area contributed by atoms with Crippen molar-refractivity contribution in [3.8, 4) is 0 Å². The maximum absolute atomic E-state index is 13.0. The van der Waals surface area contributed by atoms with Gasteiger partial charge in [0.15, 0.2) is 0 Å². The Bertz CT molecular complexity index is 351. The number of alkyl halides is 2. The summed E-state index contributed by atoms with van der Waals surface area (Å²) in [6.45, 7) is 1.99. The van der Waals surface area contributed by atoms with Crippen LogP contribution in [0.5, 0.6) is 0 Å². The normalized spacial score (nSPS) is 12.4. The summed E-state index contributed by atoms with van der Waals surface area (Å²) in [4.78, 5) is 0. The van der Waals surface area contributed by atoms with Crippen LogP contribution in [0.4, 0.5) is 8.78 Å². The highest BCUT2D eigenvalue weighted by molar-refractivity contribution is 5.14. The molecule has 5 nitrogen and oxygen atoms in total. The fourth-order valence-electron chi connectivity index (χ4n) is 1.52. The minimum atomic E-state index is -3.19. The lowest BCUT2D eigenvalue weighted by molar-refractivity contribution is -0.0661. The van der Waals surface area contributed by atoms with Gasteiger partial charge in [-0.3, -0.25) is 0 Å². The topological polar surface area (TPSA) is 77.0 Å². The van der Waals surface area contributed by atoms with Gasteiger partial charge in [-0.1, -0.05) is 19.1 Å². The number of rotatable bonds is 5. The summed E-state index contributed by atoms with van der Waals surface area (Å²) >= 11 is 0. The molecule has 0 aliphatic rings. The van der Waals surface area contributed by atoms with E-state index in [1.54, 1.807) is 0 Å². The average molecular weight is 234 g/mol. The third-order valence-electron chi connectivity index (χ3n) is 2.20. The quantitative estimate of drug-likeness (QED) is 0.777. The predicted octanol–water partition coefficient (Wildman–Crippen LogP) is 0.488. The van der Waals surface area contributed by atoms with E-state index in [0.29, 0.717) is 11.4 Å². The van der Waals surface area contributed by atoms with Gasteiger partial charge in [0.2, 0.25) is 0 Å². The molecule has 1 aromatic rings. The van der Waals surface area contributed by atoms with Crippen LogP contribution >= 0.6 is 0 Å². The fourth-order valence-corrected chi connectivity index (χ4v) is 1.52. The van der Waals surface area contributed by atoms with E-state index in [0.717, 1.165) is 4.68 Å². The monoisotopic (exact) mass is 234 g/mol. The molecule has 0 aromatic carbocycles. The summed E-state index contributed by atoms with van der Waals surface area (Å²) in [7, 11) is 0. The third-order valence-corrected chi connectivity index (χ3v) is 2.20. The van der Waals surface area contributed by atoms with Crippen LogP contribution in [0.1, 0.15) is 31.2 Å². The standard InChI is InChI=1S/C9H16F2N4O/c1-6(2)8-7(3-12)13-14-15(8)4-9(10,11)5-16/h6,16H,3-5,12H2,1-2H3. The van der Waals surface area contributed by atoms with Crippen molar-refractivity contribution in [3.05, 3.63) is 11.4 Å². The van der Waals surface area contributed by atoms with E-state index < -0.39 is 19.1 Å². The van der Waals surface area contributed by atoms with Gasteiger partial charge in [-0.15, -0.1) is 5.10 Å². The van der Waals surface area contributed by atoms with Crippen molar-refractivity contribution >= 4 is 0 Å². The number of halogens is 2. The molecule has 1 aromatic heterocycles. The molecule has 1 heterocycles. The van der Waals surface area contributed by atoms with E-state index >= 15 is 0 Å². The zero-order valence-electron chi connectivity index (χ0n) is 9.32. The number of hydrogen-bond acceptors (Lipinski definition) is 4. The molecule has 0 atom stereocenters. The molecule has 0 aliphatic heterocycles. The Kier molecular flexibility index (Phi) is 3.93. The fraction of sp³-hybridized carbons (Fsp3) is 0.778. The molecule has 0 fully saturated rings. The minimum absolute atomic E-state index is 0.00282. The maximum Gasteiger partial charge on any atom is 0.289 e. The molecule has 92 valence electrons. The van der Waals surface area contributed by atoms with Crippen molar-refractivity contribution in [1.29, 1.82) is 0 Å². The Hall–Kier alpha value is -1.08. The molecule has 0 aliphatic carbocycles. The molecule has 16 heavy (non-hydrogen) atoms. The SMILES string of the molecule is CC(C)c1c(CN)nnn1CC(F)(F)CO. The first-order valence-corrected chi connectivity index (χ1v) is 5.02. The first kappa shape index (κ1) is 13.0.